The van der Waals surface area contributed by atoms with Crippen LogP contribution >= 0.6 is 0 Å². The minimum absolute atomic E-state index is 0.287. The summed E-state index contributed by atoms with van der Waals surface area (Å²) in [6.07, 6.45) is 5.23. The summed E-state index contributed by atoms with van der Waals surface area (Å²) >= 11 is 0. The molecule has 0 aromatic carbocycles. The quantitative estimate of drug-likeness (QED) is 0.701. The van der Waals surface area contributed by atoms with Gasteiger partial charge in [-0.1, -0.05) is 6.07 Å². The molecule has 3 nitrogen and oxygen atoms in total. The van der Waals surface area contributed by atoms with Gasteiger partial charge in [0.2, 0.25) is 0 Å². The fourth-order valence-corrected chi connectivity index (χ4v) is 1.90. The van der Waals surface area contributed by atoms with Gasteiger partial charge in [-0.25, -0.2) is 0 Å². The SMILES string of the molecule is CN1[C@H](O)CC[C@@H]1c1cccnc1. The van der Waals surface area contributed by atoms with Gasteiger partial charge in [-0.2, -0.15) is 0 Å². The Balaban J connectivity index is 2.19. The fourth-order valence-electron chi connectivity index (χ4n) is 1.90. The van der Waals surface area contributed by atoms with Crippen molar-refractivity contribution in [3.8, 4) is 0 Å². The Morgan fingerprint density at radius 2 is 2.38 bits per heavy atom. The number of hydrogen-bond donors (Lipinski definition) is 1. The molecule has 3 heteroatoms. The highest BCUT2D eigenvalue weighted by Gasteiger charge is 2.29. The van der Waals surface area contributed by atoms with Gasteiger partial charge in [-0.05, 0) is 31.5 Å². The highest BCUT2D eigenvalue weighted by Crippen LogP contribution is 2.32. The van der Waals surface area contributed by atoms with Crippen LogP contribution in [0.3, 0.4) is 0 Å². The summed E-state index contributed by atoms with van der Waals surface area (Å²) in [7, 11) is 1.95. The van der Waals surface area contributed by atoms with E-state index in [-0.39, 0.29) is 6.23 Å². The predicted octanol–water partition coefficient (Wildman–Crippen LogP) is 1.17. The van der Waals surface area contributed by atoms with Crippen molar-refractivity contribution in [2.24, 2.45) is 0 Å². The smallest absolute Gasteiger partial charge is 0.107 e. The Labute approximate surface area is 78.0 Å². The number of likely N-dealkylation sites (tertiary alicyclic amines) is 1. The molecule has 0 radical (unpaired) electrons. The lowest BCUT2D eigenvalue weighted by atomic mass is 10.1. The van der Waals surface area contributed by atoms with Crippen LogP contribution in [-0.2, 0) is 0 Å². The molecule has 0 bridgehead atoms. The molecular formula is C10H14N2O. The van der Waals surface area contributed by atoms with Crippen molar-refractivity contribution in [1.29, 1.82) is 0 Å². The van der Waals surface area contributed by atoms with Gasteiger partial charge >= 0.3 is 0 Å². The molecule has 2 atom stereocenters. The largest absolute Gasteiger partial charge is 0.378 e. The Morgan fingerprint density at radius 1 is 1.54 bits per heavy atom. The summed E-state index contributed by atoms with van der Waals surface area (Å²) in [6.45, 7) is 0. The number of nitrogens with zero attached hydrogens (tertiary/aromatic N) is 2. The second-order valence-electron chi connectivity index (χ2n) is 3.53. The summed E-state index contributed by atoms with van der Waals surface area (Å²) in [5.74, 6) is 0. The summed E-state index contributed by atoms with van der Waals surface area (Å²) in [6, 6.07) is 4.34. The van der Waals surface area contributed by atoms with Crippen molar-refractivity contribution >= 4 is 0 Å². The van der Waals surface area contributed by atoms with E-state index in [1.807, 2.05) is 24.2 Å². The van der Waals surface area contributed by atoms with E-state index in [9.17, 15) is 5.11 Å². The van der Waals surface area contributed by atoms with Crippen LogP contribution in [0.25, 0.3) is 0 Å². The zero-order valence-electron chi connectivity index (χ0n) is 7.72. The third kappa shape index (κ3) is 1.57. The molecule has 0 aliphatic carbocycles. The summed E-state index contributed by atoms with van der Waals surface area (Å²) in [5.41, 5.74) is 1.20. The number of rotatable bonds is 1. The maximum absolute atomic E-state index is 9.53. The molecule has 1 aliphatic rings. The lowest BCUT2D eigenvalue weighted by molar-refractivity contribution is 0.0373. The number of aliphatic hydroxyl groups excluding tert-OH is 1. The molecule has 1 aromatic rings. The molecule has 1 saturated heterocycles. The summed E-state index contributed by atoms with van der Waals surface area (Å²) in [5, 5.41) is 9.53. The molecule has 0 saturated carbocycles. The zero-order chi connectivity index (χ0) is 9.26. The van der Waals surface area contributed by atoms with E-state index in [0.717, 1.165) is 12.8 Å². The van der Waals surface area contributed by atoms with E-state index in [1.54, 1.807) is 6.20 Å². The molecule has 2 heterocycles. The first kappa shape index (κ1) is 8.66. The van der Waals surface area contributed by atoms with E-state index < -0.39 is 0 Å². The first-order valence-electron chi connectivity index (χ1n) is 4.59. The van der Waals surface area contributed by atoms with Gasteiger partial charge in [0.15, 0.2) is 0 Å². The van der Waals surface area contributed by atoms with E-state index >= 15 is 0 Å². The second kappa shape index (κ2) is 3.44. The predicted molar refractivity (Wildman–Crippen MR) is 50.0 cm³/mol. The first-order valence-corrected chi connectivity index (χ1v) is 4.59. The van der Waals surface area contributed by atoms with Crippen LogP contribution in [-0.4, -0.2) is 28.3 Å². The van der Waals surface area contributed by atoms with Gasteiger partial charge in [0.05, 0.1) is 0 Å². The van der Waals surface area contributed by atoms with Gasteiger partial charge < -0.3 is 5.11 Å². The fraction of sp³-hybridized carbons (Fsp3) is 0.500. The van der Waals surface area contributed by atoms with E-state index in [0.29, 0.717) is 6.04 Å². The molecule has 70 valence electrons. The van der Waals surface area contributed by atoms with Crippen molar-refractivity contribution in [3.05, 3.63) is 30.1 Å². The van der Waals surface area contributed by atoms with Gasteiger partial charge in [-0.15, -0.1) is 0 Å². The molecule has 1 N–H and O–H groups in total. The van der Waals surface area contributed by atoms with Gasteiger partial charge in [0.25, 0.3) is 0 Å². The molecule has 0 spiro atoms. The van der Waals surface area contributed by atoms with E-state index in [1.165, 1.54) is 5.56 Å². The minimum atomic E-state index is -0.287. The van der Waals surface area contributed by atoms with Crippen molar-refractivity contribution in [2.75, 3.05) is 7.05 Å². The van der Waals surface area contributed by atoms with Crippen LogP contribution in [0.5, 0.6) is 0 Å². The molecule has 1 aromatic heterocycles. The number of aromatic nitrogens is 1. The number of hydrogen-bond acceptors (Lipinski definition) is 3. The molecular weight excluding hydrogens is 164 g/mol. The van der Waals surface area contributed by atoms with Crippen molar-refractivity contribution < 1.29 is 5.11 Å². The second-order valence-corrected chi connectivity index (χ2v) is 3.53. The number of aliphatic hydroxyl groups is 1. The van der Waals surface area contributed by atoms with Crippen LogP contribution in [0.4, 0.5) is 0 Å². The van der Waals surface area contributed by atoms with Crippen molar-refractivity contribution in [1.82, 2.24) is 9.88 Å². The normalized spacial score (nSPS) is 29.4. The van der Waals surface area contributed by atoms with Crippen molar-refractivity contribution in [3.63, 3.8) is 0 Å². The molecule has 0 amide bonds. The van der Waals surface area contributed by atoms with Crippen LogP contribution in [0.1, 0.15) is 24.4 Å². The first-order chi connectivity index (χ1) is 6.29. The molecule has 1 fully saturated rings. The molecule has 13 heavy (non-hydrogen) atoms. The van der Waals surface area contributed by atoms with Gasteiger partial charge in [-0.3, -0.25) is 9.88 Å². The monoisotopic (exact) mass is 178 g/mol. The highest BCUT2D eigenvalue weighted by atomic mass is 16.3. The van der Waals surface area contributed by atoms with E-state index in [2.05, 4.69) is 11.1 Å². The average Bonchev–Trinajstić information content (AvgIpc) is 2.49. The Morgan fingerprint density at radius 3 is 2.92 bits per heavy atom. The van der Waals surface area contributed by atoms with Crippen LogP contribution in [0, 0.1) is 0 Å². The minimum Gasteiger partial charge on any atom is -0.378 e. The molecule has 0 unspecified atom stereocenters. The lowest BCUT2D eigenvalue weighted by Crippen LogP contribution is -2.26. The van der Waals surface area contributed by atoms with E-state index in [4.69, 9.17) is 0 Å². The summed E-state index contributed by atoms with van der Waals surface area (Å²) < 4.78 is 0. The molecule has 1 aliphatic heterocycles. The lowest BCUT2D eigenvalue weighted by Gasteiger charge is -2.22. The standard InChI is InChI=1S/C10H14N2O/c1-12-9(4-5-10(12)13)8-3-2-6-11-7-8/h2-3,6-7,9-10,13H,4-5H2,1H3/t9-,10-/m1/s1. The zero-order valence-corrected chi connectivity index (χ0v) is 7.72. The Hall–Kier alpha value is -0.930. The van der Waals surface area contributed by atoms with Crippen LogP contribution in [0.15, 0.2) is 24.5 Å². The number of pyridine rings is 1. The van der Waals surface area contributed by atoms with Crippen molar-refractivity contribution in [2.45, 2.75) is 25.1 Å². The third-order valence-electron chi connectivity index (χ3n) is 2.73. The maximum atomic E-state index is 9.53. The highest BCUT2D eigenvalue weighted by molar-refractivity contribution is 5.15. The Kier molecular flexibility index (Phi) is 2.29. The maximum Gasteiger partial charge on any atom is 0.107 e. The topological polar surface area (TPSA) is 36.4 Å². The van der Waals surface area contributed by atoms with Gasteiger partial charge in [0.1, 0.15) is 6.23 Å². The van der Waals surface area contributed by atoms with Gasteiger partial charge in [0, 0.05) is 18.4 Å². The third-order valence-corrected chi connectivity index (χ3v) is 2.73. The van der Waals surface area contributed by atoms with Crippen LogP contribution < -0.4 is 0 Å². The molecule has 2 rings (SSSR count). The van der Waals surface area contributed by atoms with Crippen LogP contribution in [0.2, 0.25) is 0 Å². The summed E-state index contributed by atoms with van der Waals surface area (Å²) in [4.78, 5) is 6.08. The Bertz CT molecular complexity index is 276. The average molecular weight is 178 g/mol.